The highest BCUT2D eigenvalue weighted by Crippen LogP contribution is 2.19. The normalized spacial score (nSPS) is 18.5. The highest BCUT2D eigenvalue weighted by molar-refractivity contribution is 7.13. The highest BCUT2D eigenvalue weighted by Gasteiger charge is 2.21. The number of carbonyl (C=O) groups excluding carboxylic acids is 2. The molecule has 2 N–H and O–H groups in total. The lowest BCUT2D eigenvalue weighted by atomic mass is 10.2. The lowest BCUT2D eigenvalue weighted by molar-refractivity contribution is -0.140. The van der Waals surface area contributed by atoms with Gasteiger partial charge in [0.25, 0.3) is 0 Å². The van der Waals surface area contributed by atoms with E-state index in [0.717, 1.165) is 10.8 Å². The molecule has 0 bridgehead atoms. The van der Waals surface area contributed by atoms with Crippen molar-refractivity contribution in [2.45, 2.75) is 25.3 Å². The number of nitrogens with zero attached hydrogens (tertiary/aromatic N) is 1. The number of methoxy groups -OCH3 is 1. The zero-order valence-corrected chi connectivity index (χ0v) is 10.9. The molecule has 0 spiro atoms. The summed E-state index contributed by atoms with van der Waals surface area (Å²) in [6, 6.07) is 0.108. The van der Waals surface area contributed by atoms with E-state index < -0.39 is 0 Å². The second-order valence-corrected chi connectivity index (χ2v) is 4.93. The van der Waals surface area contributed by atoms with Crippen molar-refractivity contribution in [3.63, 3.8) is 0 Å². The Morgan fingerprint density at radius 1 is 1.72 bits per heavy atom. The molecule has 1 aliphatic rings. The number of aryl methyl sites for hydroxylation is 1. The second kappa shape index (κ2) is 5.81. The molecule has 1 fully saturated rings. The summed E-state index contributed by atoms with van der Waals surface area (Å²) in [4.78, 5) is 26.4. The second-order valence-electron chi connectivity index (χ2n) is 4.07. The number of nitrogens with one attached hydrogen (secondary N) is 2. The van der Waals surface area contributed by atoms with Crippen molar-refractivity contribution in [2.75, 3.05) is 19.0 Å². The molecular weight excluding hydrogens is 254 g/mol. The first-order chi connectivity index (χ1) is 8.67. The van der Waals surface area contributed by atoms with Gasteiger partial charge < -0.3 is 15.4 Å². The Morgan fingerprint density at radius 2 is 2.56 bits per heavy atom. The number of rotatable bonds is 5. The summed E-state index contributed by atoms with van der Waals surface area (Å²) in [5.74, 6) is -0.168. The molecule has 2 heterocycles. The van der Waals surface area contributed by atoms with Crippen LogP contribution in [0.3, 0.4) is 0 Å². The third kappa shape index (κ3) is 3.43. The number of carbonyl (C=O) groups is 2. The number of hydrogen-bond donors (Lipinski definition) is 2. The maximum absolute atomic E-state index is 11.0. The lowest BCUT2D eigenvalue weighted by Crippen LogP contribution is -2.22. The van der Waals surface area contributed by atoms with E-state index in [1.165, 1.54) is 18.4 Å². The smallest absolute Gasteiger partial charge is 0.305 e. The fraction of sp³-hybridized carbons (Fsp3) is 0.545. The van der Waals surface area contributed by atoms with E-state index in [1.54, 1.807) is 0 Å². The molecule has 2 rings (SSSR count). The van der Waals surface area contributed by atoms with Crippen LogP contribution in [-0.4, -0.2) is 36.6 Å². The van der Waals surface area contributed by atoms with Crippen molar-refractivity contribution < 1.29 is 14.3 Å². The standard InChI is InChI=1S/C11H15N3O3S/c1-17-10(16)3-2-7-6-18-11(13-7)14-8-4-9(15)12-5-8/h6,8H,2-5H2,1H3,(H,12,15)(H,13,14). The molecule has 0 saturated carbocycles. The molecule has 1 unspecified atom stereocenters. The first kappa shape index (κ1) is 12.8. The van der Waals surface area contributed by atoms with Gasteiger partial charge in [0.1, 0.15) is 0 Å². The average Bonchev–Trinajstić information content (AvgIpc) is 2.96. The van der Waals surface area contributed by atoms with Crippen molar-refractivity contribution >= 4 is 28.3 Å². The highest BCUT2D eigenvalue weighted by atomic mass is 32.1. The van der Waals surface area contributed by atoms with E-state index in [0.29, 0.717) is 25.8 Å². The molecule has 7 heteroatoms. The largest absolute Gasteiger partial charge is 0.469 e. The Bertz CT molecular complexity index is 446. The number of thiazole rings is 1. The van der Waals surface area contributed by atoms with Gasteiger partial charge in [-0.05, 0) is 0 Å². The van der Waals surface area contributed by atoms with E-state index in [1.807, 2.05) is 5.38 Å². The van der Waals surface area contributed by atoms with Crippen LogP contribution in [0.4, 0.5) is 5.13 Å². The van der Waals surface area contributed by atoms with Gasteiger partial charge in [0, 0.05) is 24.8 Å². The number of aromatic nitrogens is 1. The Kier molecular flexibility index (Phi) is 4.14. The van der Waals surface area contributed by atoms with Gasteiger partial charge in [-0.25, -0.2) is 4.98 Å². The molecule has 1 aromatic rings. The predicted molar refractivity (Wildman–Crippen MR) is 67.5 cm³/mol. The number of ether oxygens (including phenoxy) is 1. The Hall–Kier alpha value is -1.63. The van der Waals surface area contributed by atoms with Gasteiger partial charge in [0.05, 0.1) is 25.3 Å². The van der Waals surface area contributed by atoms with Crippen LogP contribution in [0, 0.1) is 0 Å². The zero-order chi connectivity index (χ0) is 13.0. The van der Waals surface area contributed by atoms with Crippen LogP contribution in [0.1, 0.15) is 18.5 Å². The van der Waals surface area contributed by atoms with Gasteiger partial charge >= 0.3 is 5.97 Å². The van der Waals surface area contributed by atoms with Gasteiger partial charge in [-0.1, -0.05) is 0 Å². The van der Waals surface area contributed by atoms with Crippen LogP contribution in [0.25, 0.3) is 0 Å². The first-order valence-corrected chi connectivity index (χ1v) is 6.60. The number of esters is 1. The summed E-state index contributed by atoms with van der Waals surface area (Å²) in [5, 5.41) is 8.66. The predicted octanol–water partition coefficient (Wildman–Crippen LogP) is 0.549. The van der Waals surface area contributed by atoms with Crippen LogP contribution in [0.15, 0.2) is 5.38 Å². The van der Waals surface area contributed by atoms with E-state index in [2.05, 4.69) is 20.4 Å². The summed E-state index contributed by atoms with van der Waals surface area (Å²) in [6.07, 6.45) is 1.40. The third-order valence-electron chi connectivity index (χ3n) is 2.67. The van der Waals surface area contributed by atoms with E-state index in [-0.39, 0.29) is 17.9 Å². The minimum Gasteiger partial charge on any atom is -0.469 e. The molecule has 6 nitrogen and oxygen atoms in total. The summed E-state index contributed by atoms with van der Waals surface area (Å²) < 4.78 is 4.57. The Morgan fingerprint density at radius 3 is 3.22 bits per heavy atom. The zero-order valence-electron chi connectivity index (χ0n) is 10.1. The maximum Gasteiger partial charge on any atom is 0.305 e. The molecule has 0 aliphatic carbocycles. The average molecular weight is 269 g/mol. The monoisotopic (exact) mass is 269 g/mol. The Balaban J connectivity index is 1.82. The fourth-order valence-electron chi connectivity index (χ4n) is 1.70. The van der Waals surface area contributed by atoms with Crippen molar-refractivity contribution in [3.05, 3.63) is 11.1 Å². The molecular formula is C11H15N3O3S. The van der Waals surface area contributed by atoms with Gasteiger partial charge in [-0.15, -0.1) is 11.3 Å². The van der Waals surface area contributed by atoms with Gasteiger partial charge in [0.2, 0.25) is 5.91 Å². The molecule has 98 valence electrons. The molecule has 0 aromatic carbocycles. The maximum atomic E-state index is 11.0. The topological polar surface area (TPSA) is 80.3 Å². The van der Waals surface area contributed by atoms with Crippen LogP contribution >= 0.6 is 11.3 Å². The molecule has 1 saturated heterocycles. The van der Waals surface area contributed by atoms with Crippen LogP contribution < -0.4 is 10.6 Å². The summed E-state index contributed by atoms with van der Waals surface area (Å²) in [5.41, 5.74) is 0.866. The Labute approximate surface area is 109 Å². The molecule has 1 atom stereocenters. The minimum atomic E-state index is -0.233. The first-order valence-electron chi connectivity index (χ1n) is 5.72. The summed E-state index contributed by atoms with van der Waals surface area (Å²) in [6.45, 7) is 0.635. The van der Waals surface area contributed by atoms with Crippen molar-refractivity contribution in [3.8, 4) is 0 Å². The summed E-state index contributed by atoms with van der Waals surface area (Å²) in [7, 11) is 1.38. The van der Waals surface area contributed by atoms with Crippen molar-refractivity contribution in [2.24, 2.45) is 0 Å². The minimum absolute atomic E-state index is 0.0648. The van der Waals surface area contributed by atoms with Crippen molar-refractivity contribution in [1.82, 2.24) is 10.3 Å². The van der Waals surface area contributed by atoms with E-state index in [9.17, 15) is 9.59 Å². The third-order valence-corrected chi connectivity index (χ3v) is 3.49. The van der Waals surface area contributed by atoms with Gasteiger partial charge in [-0.3, -0.25) is 9.59 Å². The number of amides is 1. The molecule has 0 radical (unpaired) electrons. The quantitative estimate of drug-likeness (QED) is 0.763. The SMILES string of the molecule is COC(=O)CCc1csc(NC2CNC(=O)C2)n1. The molecule has 1 aromatic heterocycles. The van der Waals surface area contributed by atoms with Crippen LogP contribution in [0.5, 0.6) is 0 Å². The molecule has 1 amide bonds. The molecule has 18 heavy (non-hydrogen) atoms. The van der Waals surface area contributed by atoms with Gasteiger partial charge in [0.15, 0.2) is 5.13 Å². The van der Waals surface area contributed by atoms with Gasteiger partial charge in [-0.2, -0.15) is 0 Å². The van der Waals surface area contributed by atoms with E-state index in [4.69, 9.17) is 0 Å². The molecule has 1 aliphatic heterocycles. The fourth-order valence-corrected chi connectivity index (χ4v) is 2.53. The lowest BCUT2D eigenvalue weighted by Gasteiger charge is -2.07. The number of hydrogen-bond acceptors (Lipinski definition) is 6. The summed E-state index contributed by atoms with van der Waals surface area (Å²) >= 11 is 1.48. The van der Waals surface area contributed by atoms with E-state index >= 15 is 0 Å². The van der Waals surface area contributed by atoms with Crippen LogP contribution in [0.2, 0.25) is 0 Å². The number of anilines is 1. The van der Waals surface area contributed by atoms with Crippen LogP contribution in [-0.2, 0) is 20.7 Å². The van der Waals surface area contributed by atoms with Crippen molar-refractivity contribution in [1.29, 1.82) is 0 Å².